The first-order valence-electron chi connectivity index (χ1n) is 9.05. The molecular weight excluding hydrogens is 368 g/mol. The van der Waals surface area contributed by atoms with Crippen LogP contribution in [0.3, 0.4) is 0 Å². The predicted octanol–water partition coefficient (Wildman–Crippen LogP) is 2.40. The smallest absolute Gasteiger partial charge is 0.256 e. The van der Waals surface area contributed by atoms with Crippen molar-refractivity contribution >= 4 is 23.7 Å². The summed E-state index contributed by atoms with van der Waals surface area (Å²) in [5.41, 5.74) is 3.99. The average Bonchev–Trinajstić information content (AvgIpc) is 2.58. The van der Waals surface area contributed by atoms with Gasteiger partial charge >= 0.3 is 0 Å². The van der Waals surface area contributed by atoms with Crippen LogP contribution >= 0.6 is 0 Å². The van der Waals surface area contributed by atoms with E-state index in [4.69, 9.17) is 0 Å². The summed E-state index contributed by atoms with van der Waals surface area (Å²) in [6.45, 7) is 11.0. The minimum Gasteiger partial charge on any atom is -0.321 e. The van der Waals surface area contributed by atoms with Crippen LogP contribution < -0.4 is 10.6 Å². The molecule has 2 aromatic rings. The lowest BCUT2D eigenvalue weighted by Crippen LogP contribution is -2.26. The zero-order chi connectivity index (χ0) is 20.8. The predicted molar refractivity (Wildman–Crippen MR) is 111 cm³/mol. The van der Waals surface area contributed by atoms with Crippen LogP contribution in [0.25, 0.3) is 0 Å². The van der Waals surface area contributed by atoms with E-state index in [1.807, 2.05) is 19.9 Å². The van der Waals surface area contributed by atoms with Gasteiger partial charge in [-0.05, 0) is 33.8 Å². The van der Waals surface area contributed by atoms with E-state index in [0.29, 0.717) is 53.9 Å². The monoisotopic (exact) mass is 390 g/mol. The SMILES string of the molecule is C=CCC1=C=CCC(Nc2nc(C)nc(C)n2)=NC(=Nc2nc(C)nc(C)n2)N1. The van der Waals surface area contributed by atoms with Crippen LogP contribution in [-0.4, -0.2) is 41.7 Å². The number of hydrogen-bond donors (Lipinski definition) is 2. The molecule has 10 nitrogen and oxygen atoms in total. The Morgan fingerprint density at radius 1 is 1.03 bits per heavy atom. The molecule has 0 aliphatic carbocycles. The highest BCUT2D eigenvalue weighted by atomic mass is 15.2. The molecule has 0 fully saturated rings. The molecule has 2 N–H and O–H groups in total. The highest BCUT2D eigenvalue weighted by molar-refractivity contribution is 6.04. The average molecular weight is 390 g/mol. The summed E-state index contributed by atoms with van der Waals surface area (Å²) in [5.74, 6) is 4.02. The van der Waals surface area contributed by atoms with Crippen LogP contribution in [0.4, 0.5) is 11.9 Å². The van der Waals surface area contributed by atoms with Gasteiger partial charge in [-0.3, -0.25) is 0 Å². The Morgan fingerprint density at radius 3 is 2.28 bits per heavy atom. The van der Waals surface area contributed by atoms with Crippen molar-refractivity contribution in [3.63, 3.8) is 0 Å². The van der Waals surface area contributed by atoms with Gasteiger partial charge in [0, 0.05) is 12.8 Å². The van der Waals surface area contributed by atoms with Crippen LogP contribution in [-0.2, 0) is 0 Å². The maximum Gasteiger partial charge on any atom is 0.256 e. The molecule has 0 bridgehead atoms. The molecule has 1 aliphatic rings. The van der Waals surface area contributed by atoms with Gasteiger partial charge in [0.15, 0.2) is 0 Å². The summed E-state index contributed by atoms with van der Waals surface area (Å²) < 4.78 is 0. The van der Waals surface area contributed by atoms with Crippen LogP contribution in [0.1, 0.15) is 36.1 Å². The third kappa shape index (κ3) is 5.85. The Labute approximate surface area is 168 Å². The van der Waals surface area contributed by atoms with Crippen molar-refractivity contribution in [1.82, 2.24) is 35.2 Å². The maximum absolute atomic E-state index is 4.59. The number of nitrogens with zero attached hydrogens (tertiary/aromatic N) is 8. The van der Waals surface area contributed by atoms with Gasteiger partial charge in [-0.1, -0.05) is 6.08 Å². The number of aromatic nitrogens is 6. The van der Waals surface area contributed by atoms with Gasteiger partial charge in [-0.15, -0.1) is 12.3 Å². The Morgan fingerprint density at radius 2 is 1.66 bits per heavy atom. The van der Waals surface area contributed by atoms with E-state index in [-0.39, 0.29) is 5.95 Å². The van der Waals surface area contributed by atoms with Gasteiger partial charge in [0.25, 0.3) is 5.95 Å². The number of nitrogens with one attached hydrogen (secondary N) is 2. The third-order valence-electron chi connectivity index (χ3n) is 3.59. The fraction of sp³-hybridized carbons (Fsp3) is 0.316. The fourth-order valence-corrected chi connectivity index (χ4v) is 2.57. The van der Waals surface area contributed by atoms with Crippen molar-refractivity contribution in [2.45, 2.75) is 40.5 Å². The van der Waals surface area contributed by atoms with E-state index in [1.165, 1.54) is 0 Å². The molecule has 0 saturated heterocycles. The van der Waals surface area contributed by atoms with Gasteiger partial charge < -0.3 is 10.6 Å². The van der Waals surface area contributed by atoms with Gasteiger partial charge in [0.1, 0.15) is 29.1 Å². The molecule has 1 aliphatic heterocycles. The van der Waals surface area contributed by atoms with Gasteiger partial charge in [-0.25, -0.2) is 9.97 Å². The van der Waals surface area contributed by atoms with Crippen molar-refractivity contribution in [1.29, 1.82) is 0 Å². The normalized spacial score (nSPS) is 15.1. The van der Waals surface area contributed by atoms with E-state index in [2.05, 4.69) is 62.8 Å². The second kappa shape index (κ2) is 8.94. The van der Waals surface area contributed by atoms with E-state index >= 15 is 0 Å². The van der Waals surface area contributed by atoms with Crippen molar-refractivity contribution in [3.8, 4) is 0 Å². The van der Waals surface area contributed by atoms with E-state index < -0.39 is 0 Å². The summed E-state index contributed by atoms with van der Waals surface area (Å²) in [6, 6.07) is 0. The number of guanidine groups is 1. The zero-order valence-electron chi connectivity index (χ0n) is 16.9. The molecule has 0 aromatic carbocycles. The standard InChI is InChI=1S/C19H22N10/c1-6-8-15-9-7-10-16(27-17-22-11(2)20-12(3)23-17)28-19(26-15)29-18-24-13(4)21-14(5)25-18/h6-7H,1,8,10H2,2-5H3,(H2,20,21,22,23,24,25,26,27,28,29). The number of aryl methyl sites for hydroxylation is 4. The molecule has 0 unspecified atom stereocenters. The minimum atomic E-state index is 0.273. The first-order valence-corrected chi connectivity index (χ1v) is 9.05. The van der Waals surface area contributed by atoms with Crippen LogP contribution in [0.15, 0.2) is 40.1 Å². The second-order valence-electron chi connectivity index (χ2n) is 6.25. The molecule has 3 heterocycles. The minimum absolute atomic E-state index is 0.273. The third-order valence-corrected chi connectivity index (χ3v) is 3.59. The van der Waals surface area contributed by atoms with Crippen molar-refractivity contribution in [2.24, 2.45) is 9.98 Å². The number of aliphatic imine (C=N–C) groups is 2. The summed E-state index contributed by atoms with van der Waals surface area (Å²) in [7, 11) is 0. The number of rotatable bonds is 4. The summed E-state index contributed by atoms with van der Waals surface area (Å²) in [5, 5.41) is 6.28. The van der Waals surface area contributed by atoms with E-state index in [0.717, 1.165) is 5.70 Å². The van der Waals surface area contributed by atoms with Crippen LogP contribution in [0.5, 0.6) is 0 Å². The molecule has 2 aromatic heterocycles. The van der Waals surface area contributed by atoms with Crippen molar-refractivity contribution in [2.75, 3.05) is 5.32 Å². The second-order valence-corrected chi connectivity index (χ2v) is 6.25. The zero-order valence-corrected chi connectivity index (χ0v) is 16.9. The molecular formula is C19H22N10. The molecule has 0 saturated carbocycles. The lowest BCUT2D eigenvalue weighted by Gasteiger charge is -2.12. The fourth-order valence-electron chi connectivity index (χ4n) is 2.57. The molecule has 29 heavy (non-hydrogen) atoms. The highest BCUT2D eigenvalue weighted by Gasteiger charge is 2.11. The Balaban J connectivity index is 1.99. The van der Waals surface area contributed by atoms with Gasteiger partial charge in [0.2, 0.25) is 11.9 Å². The molecule has 148 valence electrons. The van der Waals surface area contributed by atoms with Crippen LogP contribution in [0.2, 0.25) is 0 Å². The first-order chi connectivity index (χ1) is 13.9. The number of anilines is 1. The lowest BCUT2D eigenvalue weighted by molar-refractivity contribution is 0.912. The lowest BCUT2D eigenvalue weighted by atomic mass is 10.2. The summed E-state index contributed by atoms with van der Waals surface area (Å²) in [4.78, 5) is 34.5. The molecule has 0 radical (unpaired) electrons. The largest absolute Gasteiger partial charge is 0.321 e. The molecule has 10 heteroatoms. The summed E-state index contributed by atoms with van der Waals surface area (Å²) >= 11 is 0. The quantitative estimate of drug-likeness (QED) is 0.602. The Kier molecular flexibility index (Phi) is 6.16. The van der Waals surface area contributed by atoms with E-state index in [9.17, 15) is 0 Å². The molecule has 0 atom stereocenters. The topological polar surface area (TPSA) is 126 Å². The van der Waals surface area contributed by atoms with Gasteiger partial charge in [0.05, 0.1) is 5.70 Å². The summed E-state index contributed by atoms with van der Waals surface area (Å²) in [6.07, 6.45) is 4.72. The first kappa shape index (κ1) is 20.0. The highest BCUT2D eigenvalue weighted by Crippen LogP contribution is 2.09. The van der Waals surface area contributed by atoms with Crippen molar-refractivity contribution < 1.29 is 0 Å². The Hall–Kier alpha value is -3.78. The molecule has 0 amide bonds. The Bertz CT molecular complexity index is 1020. The van der Waals surface area contributed by atoms with Crippen LogP contribution in [0, 0.1) is 27.7 Å². The number of amidine groups is 1. The maximum atomic E-state index is 4.59. The van der Waals surface area contributed by atoms with Gasteiger partial charge in [-0.2, -0.15) is 29.9 Å². The van der Waals surface area contributed by atoms with E-state index in [1.54, 1.807) is 19.9 Å². The molecule has 3 rings (SSSR count). The number of hydrogen-bond acceptors (Lipinski definition) is 8. The van der Waals surface area contributed by atoms with Crippen molar-refractivity contribution in [3.05, 3.63) is 53.5 Å². The molecule has 0 spiro atoms.